The molecule has 2 aromatic carbocycles. The number of hydrogen-bond acceptors (Lipinski definition) is 6. The van der Waals surface area contributed by atoms with Crippen molar-refractivity contribution in [1.29, 1.82) is 0 Å². The van der Waals surface area contributed by atoms with Gasteiger partial charge in [-0.25, -0.2) is 9.37 Å². The first-order valence-corrected chi connectivity index (χ1v) is 13.4. The second-order valence-corrected chi connectivity index (χ2v) is 11.1. The Bertz CT molecular complexity index is 1090. The molecule has 3 aromatic rings. The average Bonchev–Trinajstić information content (AvgIpc) is 3.41. The molecule has 0 spiro atoms. The van der Waals surface area contributed by atoms with E-state index in [0.29, 0.717) is 31.9 Å². The van der Waals surface area contributed by atoms with Crippen LogP contribution in [-0.4, -0.2) is 33.1 Å². The molecule has 2 aliphatic rings. The lowest BCUT2D eigenvalue weighted by atomic mass is 9.82. The van der Waals surface area contributed by atoms with Gasteiger partial charge in [-0.15, -0.1) is 4.31 Å². The summed E-state index contributed by atoms with van der Waals surface area (Å²) in [6.07, 6.45) is 6.32. The average molecular weight is 498 g/mol. The van der Waals surface area contributed by atoms with Crippen LogP contribution in [-0.2, 0) is 34.7 Å². The van der Waals surface area contributed by atoms with Gasteiger partial charge in [0, 0.05) is 54.2 Å². The molecule has 1 aromatic heterocycles. The van der Waals surface area contributed by atoms with Crippen LogP contribution in [0.5, 0.6) is 0 Å². The standard InChI is InChI=1S/C27H32FN3O3S/c1-20-7-10-26(21-5-3-2-4-6-21)35(32)31(20)17-22-8-9-23(15-25(22)28)27(11-13-33-14-12-27)30-16-24-18-34-19-29-24/h2-6,8-9,15,18-20,26,30H,7,10-14,16-17H2,1H3/t20-,26+,35?/m0/s1. The molecule has 3 atom stereocenters. The maximum Gasteiger partial charge on any atom is 0.180 e. The largest absolute Gasteiger partial charge is 0.597 e. The molecule has 186 valence electrons. The zero-order valence-electron chi connectivity index (χ0n) is 20.0. The van der Waals surface area contributed by atoms with E-state index in [1.165, 1.54) is 6.39 Å². The third kappa shape index (κ3) is 5.32. The fraction of sp³-hybridized carbons (Fsp3) is 0.444. The summed E-state index contributed by atoms with van der Waals surface area (Å²) in [5.74, 6) is -0.261. The molecule has 0 amide bonds. The molecular weight excluding hydrogens is 465 g/mol. The predicted molar refractivity (Wildman–Crippen MR) is 133 cm³/mol. The Kier molecular flexibility index (Phi) is 7.55. The lowest BCUT2D eigenvalue weighted by Gasteiger charge is -2.39. The van der Waals surface area contributed by atoms with Crippen LogP contribution in [0.1, 0.15) is 60.2 Å². The van der Waals surface area contributed by atoms with Gasteiger partial charge in [0.05, 0.1) is 18.3 Å². The van der Waals surface area contributed by atoms with Gasteiger partial charge in [-0.3, -0.25) is 0 Å². The predicted octanol–water partition coefficient (Wildman–Crippen LogP) is 5.00. The van der Waals surface area contributed by atoms with Crippen molar-refractivity contribution < 1.29 is 18.1 Å². The van der Waals surface area contributed by atoms with E-state index in [9.17, 15) is 4.55 Å². The van der Waals surface area contributed by atoms with Gasteiger partial charge in [-0.05, 0) is 37.8 Å². The fourth-order valence-electron chi connectivity index (χ4n) is 5.16. The molecule has 8 heteroatoms. The molecule has 0 saturated carbocycles. The maximum absolute atomic E-state index is 15.5. The highest BCUT2D eigenvalue weighted by atomic mass is 32.2. The molecule has 2 fully saturated rings. The minimum Gasteiger partial charge on any atom is -0.597 e. The molecule has 1 unspecified atom stereocenters. The van der Waals surface area contributed by atoms with E-state index in [-0.39, 0.29) is 17.1 Å². The number of oxazole rings is 1. The summed E-state index contributed by atoms with van der Waals surface area (Å²) in [5.41, 5.74) is 2.97. The molecule has 35 heavy (non-hydrogen) atoms. The van der Waals surface area contributed by atoms with Crippen LogP contribution < -0.4 is 5.32 Å². The minimum atomic E-state index is -1.22. The number of rotatable bonds is 7. The van der Waals surface area contributed by atoms with Crippen LogP contribution in [0.15, 0.2) is 65.6 Å². The number of nitrogens with zero attached hydrogens (tertiary/aromatic N) is 2. The van der Waals surface area contributed by atoms with E-state index in [1.807, 2.05) is 46.8 Å². The smallest absolute Gasteiger partial charge is 0.180 e. The zero-order valence-corrected chi connectivity index (χ0v) is 20.8. The van der Waals surface area contributed by atoms with Crippen molar-refractivity contribution in [3.63, 3.8) is 0 Å². The molecule has 2 aliphatic heterocycles. The Balaban J connectivity index is 1.35. The monoisotopic (exact) mass is 497 g/mol. The third-order valence-corrected chi connectivity index (χ3v) is 9.30. The molecular formula is C27H32FN3O3S. The fourth-order valence-corrected chi connectivity index (χ4v) is 6.94. The second-order valence-electron chi connectivity index (χ2n) is 9.51. The van der Waals surface area contributed by atoms with Crippen molar-refractivity contribution in [1.82, 2.24) is 14.6 Å². The lowest BCUT2D eigenvalue weighted by molar-refractivity contribution is 0.0355. The van der Waals surface area contributed by atoms with Crippen molar-refractivity contribution in [2.24, 2.45) is 0 Å². The second kappa shape index (κ2) is 10.8. The van der Waals surface area contributed by atoms with Crippen LogP contribution in [0.25, 0.3) is 0 Å². The molecule has 0 aliphatic carbocycles. The first-order valence-electron chi connectivity index (χ1n) is 12.3. The molecule has 1 N–H and O–H groups in total. The van der Waals surface area contributed by atoms with Gasteiger partial charge in [0.2, 0.25) is 0 Å². The summed E-state index contributed by atoms with van der Waals surface area (Å²) < 4.78 is 41.6. The molecule has 0 radical (unpaired) electrons. The Morgan fingerprint density at radius 1 is 1.17 bits per heavy atom. The third-order valence-electron chi connectivity index (χ3n) is 7.35. The van der Waals surface area contributed by atoms with E-state index in [4.69, 9.17) is 9.15 Å². The van der Waals surface area contributed by atoms with Gasteiger partial charge in [0.15, 0.2) is 11.6 Å². The number of aromatic nitrogens is 1. The number of hydrogen-bond donors (Lipinski definition) is 1. The first-order chi connectivity index (χ1) is 17.1. The van der Waals surface area contributed by atoms with Crippen molar-refractivity contribution >= 4 is 11.4 Å². The van der Waals surface area contributed by atoms with Crippen molar-refractivity contribution in [3.8, 4) is 0 Å². The Hall–Kier alpha value is -2.23. The van der Waals surface area contributed by atoms with E-state index in [0.717, 1.165) is 42.5 Å². The van der Waals surface area contributed by atoms with Crippen LogP contribution in [0.2, 0.25) is 0 Å². The Labute approximate surface area is 209 Å². The van der Waals surface area contributed by atoms with Gasteiger partial charge < -0.3 is 19.0 Å². The Morgan fingerprint density at radius 3 is 2.69 bits per heavy atom. The summed E-state index contributed by atoms with van der Waals surface area (Å²) in [4.78, 5) is 4.20. The van der Waals surface area contributed by atoms with E-state index in [1.54, 1.807) is 12.3 Å². The number of benzene rings is 2. The molecule has 5 rings (SSSR count). The van der Waals surface area contributed by atoms with Gasteiger partial charge >= 0.3 is 0 Å². The SMILES string of the molecule is C[C@H]1CC[C@H](c2ccccc2)[S+]([O-])N1Cc1ccc(C2(NCc3cocn3)CCOCC2)cc1F. The summed E-state index contributed by atoms with van der Waals surface area (Å²) in [6.45, 7) is 4.16. The maximum atomic E-state index is 15.5. The first kappa shape index (κ1) is 24.5. The zero-order chi connectivity index (χ0) is 24.3. The highest BCUT2D eigenvalue weighted by molar-refractivity contribution is 7.89. The van der Waals surface area contributed by atoms with Gasteiger partial charge in [-0.1, -0.05) is 42.5 Å². The van der Waals surface area contributed by atoms with Gasteiger partial charge in [-0.2, -0.15) is 0 Å². The van der Waals surface area contributed by atoms with E-state index >= 15 is 4.39 Å². The summed E-state index contributed by atoms with van der Waals surface area (Å²) >= 11 is -1.22. The van der Waals surface area contributed by atoms with Crippen LogP contribution >= 0.6 is 0 Å². The highest BCUT2D eigenvalue weighted by Gasteiger charge is 2.40. The minimum absolute atomic E-state index is 0.0547. The van der Waals surface area contributed by atoms with Crippen molar-refractivity contribution in [2.75, 3.05) is 13.2 Å². The van der Waals surface area contributed by atoms with Crippen molar-refractivity contribution in [2.45, 2.75) is 62.5 Å². The molecule has 6 nitrogen and oxygen atoms in total. The van der Waals surface area contributed by atoms with Gasteiger partial charge in [0.1, 0.15) is 12.1 Å². The summed E-state index contributed by atoms with van der Waals surface area (Å²) in [6, 6.07) is 15.6. The molecule has 3 heterocycles. The molecule has 0 bridgehead atoms. The van der Waals surface area contributed by atoms with Crippen LogP contribution in [0.4, 0.5) is 4.39 Å². The van der Waals surface area contributed by atoms with Crippen LogP contribution in [0, 0.1) is 5.82 Å². The number of ether oxygens (including phenoxy) is 1. The van der Waals surface area contributed by atoms with Crippen LogP contribution in [0.3, 0.4) is 0 Å². The van der Waals surface area contributed by atoms with Crippen molar-refractivity contribution in [3.05, 3.63) is 89.4 Å². The topological polar surface area (TPSA) is 73.6 Å². The van der Waals surface area contributed by atoms with Gasteiger partial charge in [0.25, 0.3) is 0 Å². The normalized spacial score (nSPS) is 24.9. The summed E-state index contributed by atoms with van der Waals surface area (Å²) in [7, 11) is 0. The van der Waals surface area contributed by atoms with E-state index < -0.39 is 16.9 Å². The molecule has 2 saturated heterocycles. The quantitative estimate of drug-likeness (QED) is 0.463. The summed E-state index contributed by atoms with van der Waals surface area (Å²) in [5, 5.41) is 3.54. The Morgan fingerprint density at radius 2 is 1.97 bits per heavy atom. The highest BCUT2D eigenvalue weighted by Crippen LogP contribution is 2.39. The van der Waals surface area contributed by atoms with E-state index in [2.05, 4.69) is 17.2 Å². The number of nitrogens with one attached hydrogen (secondary N) is 1. The number of halogens is 1. The lowest BCUT2D eigenvalue weighted by Crippen LogP contribution is -2.46.